The fourth-order valence-corrected chi connectivity index (χ4v) is 2.46. The van der Waals surface area contributed by atoms with E-state index >= 15 is 0 Å². The Kier molecular flexibility index (Phi) is 3.14. The van der Waals surface area contributed by atoms with E-state index in [0.29, 0.717) is 5.75 Å². The average molecular weight is 272 g/mol. The van der Waals surface area contributed by atoms with Gasteiger partial charge in [-0.05, 0) is 60.7 Å². The highest BCUT2D eigenvalue weighted by molar-refractivity contribution is 5.87. The molecule has 2 aromatic rings. The van der Waals surface area contributed by atoms with Crippen LogP contribution in [0, 0.1) is 5.82 Å². The van der Waals surface area contributed by atoms with Crippen molar-refractivity contribution in [3.8, 4) is 11.5 Å². The topological polar surface area (TPSA) is 46.5 Å². The van der Waals surface area contributed by atoms with Crippen molar-refractivity contribution in [3.63, 3.8) is 0 Å². The Morgan fingerprint density at radius 2 is 1.90 bits per heavy atom. The molecule has 0 bridgehead atoms. The molecule has 0 atom stereocenters. The molecule has 0 saturated heterocycles. The molecule has 0 spiro atoms. The molecule has 1 N–H and O–H groups in total. The number of hydrogen-bond donors (Lipinski definition) is 1. The highest BCUT2D eigenvalue weighted by Gasteiger charge is 2.13. The molecule has 0 unspecified atom stereocenters. The number of benzene rings is 2. The monoisotopic (exact) mass is 272 g/mol. The summed E-state index contributed by atoms with van der Waals surface area (Å²) in [6, 6.07) is 9.37. The third-order valence-electron chi connectivity index (χ3n) is 3.48. The van der Waals surface area contributed by atoms with Crippen LogP contribution in [0.4, 0.5) is 4.39 Å². The zero-order chi connectivity index (χ0) is 14.1. The SMILES string of the molecule is O=C(O)c1ccc(Oc2ccc3c(c2)CCC3)c(F)c1. The summed E-state index contributed by atoms with van der Waals surface area (Å²) < 4.78 is 19.3. The van der Waals surface area contributed by atoms with Crippen molar-refractivity contribution in [3.05, 3.63) is 58.9 Å². The minimum absolute atomic E-state index is 0.0351. The number of carboxylic acids is 1. The molecule has 1 aliphatic carbocycles. The van der Waals surface area contributed by atoms with Gasteiger partial charge < -0.3 is 9.84 Å². The Morgan fingerprint density at radius 1 is 1.10 bits per heavy atom. The highest BCUT2D eigenvalue weighted by atomic mass is 19.1. The summed E-state index contributed by atoms with van der Waals surface area (Å²) >= 11 is 0. The van der Waals surface area contributed by atoms with E-state index in [1.807, 2.05) is 18.2 Å². The zero-order valence-corrected chi connectivity index (χ0v) is 10.7. The van der Waals surface area contributed by atoms with Crippen LogP contribution >= 0.6 is 0 Å². The van der Waals surface area contributed by atoms with Gasteiger partial charge in [0, 0.05) is 0 Å². The van der Waals surface area contributed by atoms with Crippen molar-refractivity contribution in [2.45, 2.75) is 19.3 Å². The summed E-state index contributed by atoms with van der Waals surface area (Å²) in [5, 5.41) is 8.79. The smallest absolute Gasteiger partial charge is 0.335 e. The van der Waals surface area contributed by atoms with Gasteiger partial charge in [-0.2, -0.15) is 0 Å². The molecular weight excluding hydrogens is 259 g/mol. The lowest BCUT2D eigenvalue weighted by atomic mass is 10.1. The van der Waals surface area contributed by atoms with Crippen molar-refractivity contribution in [2.24, 2.45) is 0 Å². The van der Waals surface area contributed by atoms with Crippen LogP contribution in [-0.4, -0.2) is 11.1 Å². The van der Waals surface area contributed by atoms with Gasteiger partial charge >= 0.3 is 5.97 Å². The lowest BCUT2D eigenvalue weighted by Gasteiger charge is -2.09. The first-order chi connectivity index (χ1) is 9.63. The molecule has 2 aromatic carbocycles. The van der Waals surface area contributed by atoms with E-state index in [0.717, 1.165) is 25.3 Å². The van der Waals surface area contributed by atoms with Crippen LogP contribution in [-0.2, 0) is 12.8 Å². The fraction of sp³-hybridized carbons (Fsp3) is 0.188. The van der Waals surface area contributed by atoms with Gasteiger partial charge in [-0.15, -0.1) is 0 Å². The molecule has 102 valence electrons. The first-order valence-corrected chi connectivity index (χ1v) is 6.46. The minimum Gasteiger partial charge on any atom is -0.478 e. The number of hydrogen-bond acceptors (Lipinski definition) is 2. The summed E-state index contributed by atoms with van der Waals surface area (Å²) in [5.74, 6) is -1.22. The van der Waals surface area contributed by atoms with Gasteiger partial charge in [0.1, 0.15) is 5.75 Å². The Morgan fingerprint density at radius 3 is 2.65 bits per heavy atom. The molecule has 20 heavy (non-hydrogen) atoms. The average Bonchev–Trinajstić information content (AvgIpc) is 2.88. The Labute approximate surface area is 115 Å². The Balaban J connectivity index is 1.86. The third kappa shape index (κ3) is 2.37. The van der Waals surface area contributed by atoms with Crippen LogP contribution in [0.1, 0.15) is 27.9 Å². The van der Waals surface area contributed by atoms with Crippen LogP contribution in [0.5, 0.6) is 11.5 Å². The largest absolute Gasteiger partial charge is 0.478 e. The lowest BCUT2D eigenvalue weighted by molar-refractivity contribution is 0.0696. The predicted octanol–water partition coefficient (Wildman–Crippen LogP) is 3.80. The van der Waals surface area contributed by atoms with Crippen LogP contribution in [0.3, 0.4) is 0 Å². The normalized spacial score (nSPS) is 13.1. The summed E-state index contributed by atoms with van der Waals surface area (Å²) in [6.45, 7) is 0. The van der Waals surface area contributed by atoms with E-state index in [1.165, 1.54) is 23.3 Å². The highest BCUT2D eigenvalue weighted by Crippen LogP contribution is 2.30. The molecule has 0 aliphatic heterocycles. The van der Waals surface area contributed by atoms with Gasteiger partial charge in [0.05, 0.1) is 5.56 Å². The van der Waals surface area contributed by atoms with Gasteiger partial charge in [-0.25, -0.2) is 9.18 Å². The first-order valence-electron chi connectivity index (χ1n) is 6.46. The maximum absolute atomic E-state index is 13.8. The number of halogens is 1. The van der Waals surface area contributed by atoms with Crippen LogP contribution < -0.4 is 4.74 Å². The fourth-order valence-electron chi connectivity index (χ4n) is 2.46. The molecule has 0 aromatic heterocycles. The maximum atomic E-state index is 13.8. The molecule has 0 radical (unpaired) electrons. The molecule has 3 nitrogen and oxygen atoms in total. The number of aryl methyl sites for hydroxylation is 2. The first kappa shape index (κ1) is 12.7. The molecule has 0 saturated carbocycles. The molecule has 0 fully saturated rings. The van der Waals surface area contributed by atoms with Crippen molar-refractivity contribution in [1.82, 2.24) is 0 Å². The van der Waals surface area contributed by atoms with Crippen LogP contribution in [0.2, 0.25) is 0 Å². The van der Waals surface area contributed by atoms with Gasteiger partial charge in [-0.1, -0.05) is 6.07 Å². The van der Waals surface area contributed by atoms with E-state index in [2.05, 4.69) is 0 Å². The number of carboxylic acid groups (broad SMARTS) is 1. The maximum Gasteiger partial charge on any atom is 0.335 e. The second-order valence-corrected chi connectivity index (χ2v) is 4.84. The third-order valence-corrected chi connectivity index (χ3v) is 3.48. The van der Waals surface area contributed by atoms with E-state index in [1.54, 1.807) is 0 Å². The zero-order valence-electron chi connectivity index (χ0n) is 10.7. The molecule has 3 rings (SSSR count). The number of carbonyl (C=O) groups is 1. The number of ether oxygens (including phenoxy) is 1. The molecule has 1 aliphatic rings. The van der Waals surface area contributed by atoms with Gasteiger partial charge in [-0.3, -0.25) is 0 Å². The Bertz CT molecular complexity index is 679. The minimum atomic E-state index is -1.16. The van der Waals surface area contributed by atoms with Gasteiger partial charge in [0.15, 0.2) is 11.6 Å². The second-order valence-electron chi connectivity index (χ2n) is 4.84. The Hall–Kier alpha value is -2.36. The van der Waals surface area contributed by atoms with Gasteiger partial charge in [0.25, 0.3) is 0 Å². The van der Waals surface area contributed by atoms with Crippen LogP contribution in [0.25, 0.3) is 0 Å². The van der Waals surface area contributed by atoms with Crippen molar-refractivity contribution in [2.75, 3.05) is 0 Å². The predicted molar refractivity (Wildman–Crippen MR) is 71.9 cm³/mol. The van der Waals surface area contributed by atoms with Crippen molar-refractivity contribution in [1.29, 1.82) is 0 Å². The number of aromatic carboxylic acids is 1. The summed E-state index contributed by atoms with van der Waals surface area (Å²) in [4.78, 5) is 10.7. The number of fused-ring (bicyclic) bond motifs is 1. The summed E-state index contributed by atoms with van der Waals surface area (Å²) in [6.07, 6.45) is 3.24. The summed E-state index contributed by atoms with van der Waals surface area (Å²) in [7, 11) is 0. The van der Waals surface area contributed by atoms with E-state index < -0.39 is 11.8 Å². The lowest BCUT2D eigenvalue weighted by Crippen LogP contribution is -1.98. The van der Waals surface area contributed by atoms with Crippen molar-refractivity contribution < 1.29 is 19.0 Å². The van der Waals surface area contributed by atoms with Crippen LogP contribution in [0.15, 0.2) is 36.4 Å². The quantitative estimate of drug-likeness (QED) is 0.924. The van der Waals surface area contributed by atoms with E-state index in [-0.39, 0.29) is 11.3 Å². The molecular formula is C16H13FO3. The standard InChI is InChI=1S/C16H13FO3/c17-14-9-12(16(18)19)5-7-15(14)20-13-6-4-10-2-1-3-11(10)8-13/h4-9H,1-3H2,(H,18,19). The molecule has 4 heteroatoms. The van der Waals surface area contributed by atoms with E-state index in [4.69, 9.17) is 9.84 Å². The van der Waals surface area contributed by atoms with Gasteiger partial charge in [0.2, 0.25) is 0 Å². The molecule has 0 amide bonds. The molecule has 0 heterocycles. The van der Waals surface area contributed by atoms with Crippen molar-refractivity contribution >= 4 is 5.97 Å². The second kappa shape index (κ2) is 4.96. The van der Waals surface area contributed by atoms with E-state index in [9.17, 15) is 9.18 Å². The number of rotatable bonds is 3. The summed E-state index contributed by atoms with van der Waals surface area (Å²) in [5.41, 5.74) is 2.47.